The fraction of sp³-hybridized carbons (Fsp3) is 0.161. The molecule has 0 bridgehead atoms. The summed E-state index contributed by atoms with van der Waals surface area (Å²) in [6.07, 6.45) is 0.823. The van der Waals surface area contributed by atoms with Crippen LogP contribution >= 0.6 is 0 Å². The van der Waals surface area contributed by atoms with Crippen LogP contribution in [0, 0.1) is 13.8 Å². The van der Waals surface area contributed by atoms with E-state index in [1.165, 1.54) is 0 Å². The minimum atomic E-state index is -0.0368. The van der Waals surface area contributed by atoms with E-state index in [0.717, 1.165) is 56.9 Å². The van der Waals surface area contributed by atoms with E-state index in [2.05, 4.69) is 69.4 Å². The summed E-state index contributed by atoms with van der Waals surface area (Å²) in [5.41, 5.74) is 8.98. The largest absolute Gasteiger partial charge is 0.308 e. The number of nitrogens with zero attached hydrogens (tertiary/aromatic N) is 6. The zero-order valence-electron chi connectivity index (χ0n) is 22.0. The highest BCUT2D eigenvalue weighted by Gasteiger charge is 2.17. The van der Waals surface area contributed by atoms with Gasteiger partial charge in [-0.15, -0.1) is 10.2 Å². The number of nitrogens with one attached hydrogen (secondary N) is 1. The Morgan fingerprint density at radius 1 is 0.872 bits per heavy atom. The van der Waals surface area contributed by atoms with Crippen molar-refractivity contribution in [1.82, 2.24) is 35.2 Å². The maximum Gasteiger partial charge on any atom is 0.205 e. The van der Waals surface area contributed by atoms with Gasteiger partial charge in [0.15, 0.2) is 11.4 Å². The van der Waals surface area contributed by atoms with Crippen molar-refractivity contribution in [2.24, 2.45) is 0 Å². The molecule has 0 aliphatic heterocycles. The van der Waals surface area contributed by atoms with Gasteiger partial charge in [0.2, 0.25) is 5.82 Å². The molecule has 0 aliphatic rings. The molecule has 192 valence electrons. The number of carbonyl (C=O) groups is 1. The van der Waals surface area contributed by atoms with Crippen LogP contribution in [0.25, 0.3) is 33.7 Å². The second kappa shape index (κ2) is 10.1. The summed E-state index contributed by atoms with van der Waals surface area (Å²) in [5.74, 6) is 1.45. The number of aromatic amines is 1. The molecule has 0 unspecified atom stereocenters. The van der Waals surface area contributed by atoms with Gasteiger partial charge in [-0.05, 0) is 59.5 Å². The third-order valence-corrected chi connectivity index (χ3v) is 6.93. The van der Waals surface area contributed by atoms with Crippen LogP contribution in [0.15, 0.2) is 78.9 Å². The normalized spacial score (nSPS) is 11.3. The first-order valence-corrected chi connectivity index (χ1v) is 12.9. The van der Waals surface area contributed by atoms with Crippen LogP contribution in [-0.4, -0.2) is 40.9 Å². The number of aryl methyl sites for hydroxylation is 3. The average molecular weight is 514 g/mol. The van der Waals surface area contributed by atoms with Crippen LogP contribution in [0.5, 0.6) is 0 Å². The monoisotopic (exact) mass is 513 g/mol. The Kier molecular flexibility index (Phi) is 6.28. The Labute approximate surface area is 225 Å². The van der Waals surface area contributed by atoms with Crippen molar-refractivity contribution >= 4 is 16.9 Å². The molecule has 1 N–H and O–H groups in total. The highest BCUT2D eigenvalue weighted by Crippen LogP contribution is 2.32. The van der Waals surface area contributed by atoms with Gasteiger partial charge in [-0.2, -0.15) is 5.21 Å². The number of ketones is 1. The summed E-state index contributed by atoms with van der Waals surface area (Å²) in [5, 5.41) is 14.6. The fourth-order valence-electron chi connectivity index (χ4n) is 5.01. The van der Waals surface area contributed by atoms with Crippen molar-refractivity contribution in [2.75, 3.05) is 0 Å². The fourth-order valence-corrected chi connectivity index (χ4v) is 5.01. The molecule has 39 heavy (non-hydrogen) atoms. The number of hydrogen-bond acceptors (Lipinski definition) is 6. The smallest absolute Gasteiger partial charge is 0.205 e. The zero-order valence-corrected chi connectivity index (χ0v) is 22.0. The molecule has 3 aromatic heterocycles. The van der Waals surface area contributed by atoms with Crippen LogP contribution in [0.2, 0.25) is 0 Å². The predicted molar refractivity (Wildman–Crippen MR) is 150 cm³/mol. The van der Waals surface area contributed by atoms with Gasteiger partial charge in [-0.25, -0.2) is 9.97 Å². The van der Waals surface area contributed by atoms with E-state index < -0.39 is 0 Å². The Morgan fingerprint density at radius 2 is 1.67 bits per heavy atom. The quantitative estimate of drug-likeness (QED) is 0.273. The third-order valence-electron chi connectivity index (χ3n) is 6.93. The summed E-state index contributed by atoms with van der Waals surface area (Å²) in [7, 11) is 0. The molecule has 3 aromatic carbocycles. The van der Waals surface area contributed by atoms with Gasteiger partial charge in [0.25, 0.3) is 0 Å². The van der Waals surface area contributed by atoms with Crippen LogP contribution in [-0.2, 0) is 13.0 Å². The van der Waals surface area contributed by atoms with Gasteiger partial charge >= 0.3 is 0 Å². The molecule has 0 spiro atoms. The molecule has 0 atom stereocenters. The van der Waals surface area contributed by atoms with Gasteiger partial charge in [0, 0.05) is 28.8 Å². The Bertz CT molecular complexity index is 1790. The van der Waals surface area contributed by atoms with Crippen LogP contribution in [0.3, 0.4) is 0 Å². The van der Waals surface area contributed by atoms with E-state index in [1.807, 2.05) is 55.5 Å². The number of fused-ring (bicyclic) bond motifs is 1. The number of carbonyl (C=O) groups excluding carboxylic acids is 1. The first-order valence-electron chi connectivity index (χ1n) is 12.9. The number of imidazole rings is 1. The SMILES string of the molecule is CCc1nc2c(C)cc(C)nc2n1Cc1ccc(-c2cc(C(=O)c3ccccc3)ccc2-c2nn[nH]n2)cc1. The summed E-state index contributed by atoms with van der Waals surface area (Å²) in [6, 6.07) is 25.3. The van der Waals surface area contributed by atoms with Crippen molar-refractivity contribution in [3.8, 4) is 22.5 Å². The van der Waals surface area contributed by atoms with Crippen LogP contribution < -0.4 is 0 Å². The minimum Gasteiger partial charge on any atom is -0.308 e. The van der Waals surface area contributed by atoms with Gasteiger partial charge in [0.05, 0.1) is 6.54 Å². The lowest BCUT2D eigenvalue weighted by Crippen LogP contribution is -2.06. The highest BCUT2D eigenvalue weighted by atomic mass is 16.1. The highest BCUT2D eigenvalue weighted by molar-refractivity contribution is 6.10. The van der Waals surface area contributed by atoms with E-state index in [4.69, 9.17) is 9.97 Å². The number of H-pyrrole nitrogens is 1. The lowest BCUT2D eigenvalue weighted by atomic mass is 9.93. The maximum absolute atomic E-state index is 13.2. The lowest BCUT2D eigenvalue weighted by molar-refractivity contribution is 0.103. The summed E-state index contributed by atoms with van der Waals surface area (Å²) in [6.45, 7) is 6.88. The van der Waals surface area contributed by atoms with E-state index >= 15 is 0 Å². The molecule has 0 fully saturated rings. The van der Waals surface area contributed by atoms with Crippen molar-refractivity contribution < 1.29 is 4.79 Å². The average Bonchev–Trinajstić information content (AvgIpc) is 3.62. The second-order valence-corrected chi connectivity index (χ2v) is 9.61. The molecule has 8 heteroatoms. The standard InChI is InChI=1S/C31H27N7O/c1-4-27-33-28-19(2)16-20(3)32-31(28)38(27)18-21-10-12-22(13-11-21)26-17-24(29(39)23-8-6-5-7-9-23)14-15-25(26)30-34-36-37-35-30/h5-17H,4,18H2,1-3H3,(H,34,35,36,37). The number of hydrogen-bond donors (Lipinski definition) is 1. The number of tetrazole rings is 1. The number of aromatic nitrogens is 7. The first kappa shape index (κ1) is 24.4. The van der Waals surface area contributed by atoms with Gasteiger partial charge in [0.1, 0.15) is 11.3 Å². The third kappa shape index (κ3) is 4.61. The second-order valence-electron chi connectivity index (χ2n) is 9.61. The lowest BCUT2D eigenvalue weighted by Gasteiger charge is -2.12. The predicted octanol–water partition coefficient (Wildman–Crippen LogP) is 5.74. The van der Waals surface area contributed by atoms with E-state index in [0.29, 0.717) is 23.5 Å². The Hall–Kier alpha value is -4.98. The minimum absolute atomic E-state index is 0.0368. The van der Waals surface area contributed by atoms with Crippen LogP contribution in [0.1, 0.15) is 45.5 Å². The summed E-state index contributed by atoms with van der Waals surface area (Å²) < 4.78 is 2.20. The number of benzene rings is 3. The molecule has 3 heterocycles. The molecular weight excluding hydrogens is 486 g/mol. The van der Waals surface area contributed by atoms with Gasteiger partial charge < -0.3 is 4.57 Å². The number of pyridine rings is 1. The van der Waals surface area contributed by atoms with E-state index in [1.54, 1.807) is 0 Å². The van der Waals surface area contributed by atoms with Gasteiger partial charge in [-0.1, -0.05) is 67.6 Å². The summed E-state index contributed by atoms with van der Waals surface area (Å²) in [4.78, 5) is 22.9. The van der Waals surface area contributed by atoms with E-state index in [9.17, 15) is 4.79 Å². The topological polar surface area (TPSA) is 102 Å². The molecule has 0 saturated heterocycles. The molecule has 0 aliphatic carbocycles. The van der Waals surface area contributed by atoms with Crippen molar-refractivity contribution in [2.45, 2.75) is 33.7 Å². The van der Waals surface area contributed by atoms with E-state index in [-0.39, 0.29) is 5.78 Å². The Morgan fingerprint density at radius 3 is 2.38 bits per heavy atom. The van der Waals surface area contributed by atoms with Crippen LogP contribution in [0.4, 0.5) is 0 Å². The van der Waals surface area contributed by atoms with Crippen molar-refractivity contribution in [3.05, 3.63) is 113 Å². The maximum atomic E-state index is 13.2. The molecule has 0 radical (unpaired) electrons. The molecular formula is C31H27N7O. The first-order chi connectivity index (χ1) is 19.0. The van der Waals surface area contributed by atoms with Crippen molar-refractivity contribution in [3.63, 3.8) is 0 Å². The number of rotatable bonds is 7. The van der Waals surface area contributed by atoms with Gasteiger partial charge in [-0.3, -0.25) is 4.79 Å². The molecule has 8 nitrogen and oxygen atoms in total. The summed E-state index contributed by atoms with van der Waals surface area (Å²) >= 11 is 0. The zero-order chi connectivity index (χ0) is 26.9. The molecule has 0 amide bonds. The molecule has 6 rings (SSSR count). The Balaban J connectivity index is 1.38. The van der Waals surface area contributed by atoms with Crippen molar-refractivity contribution in [1.29, 1.82) is 0 Å². The molecule has 0 saturated carbocycles. The molecule has 6 aromatic rings.